The number of hydrogen-bond donors (Lipinski definition) is 5. The monoisotopic (exact) mass is 2280 g/mol. The molecular formula is C109H148I2N8O13S6Si2. The number of aromatic carboxylic acids is 1. The normalized spacial score (nSPS) is 21.7. The van der Waals surface area contributed by atoms with Crippen LogP contribution in [0.15, 0.2) is 117 Å². The van der Waals surface area contributed by atoms with Crippen molar-refractivity contribution in [3.05, 3.63) is 176 Å². The number of halogens is 2. The van der Waals surface area contributed by atoms with Gasteiger partial charge in [-0.1, -0.05) is 167 Å². The molecule has 5 N–H and O–H groups in total. The Hall–Kier alpha value is -6.11. The molecule has 16 rings (SSSR count). The molecule has 4 aliphatic heterocycles. The molecule has 4 saturated carbocycles. The number of carboxylic acid groups (broad SMARTS) is 1. The predicted molar refractivity (Wildman–Crippen MR) is 601 cm³/mol. The third kappa shape index (κ3) is 29.1. The van der Waals surface area contributed by atoms with Gasteiger partial charge in [-0.15, -0.1) is 68.0 Å². The van der Waals surface area contributed by atoms with Crippen LogP contribution in [0, 0.1) is 53.1 Å². The second kappa shape index (κ2) is 51.0. The van der Waals surface area contributed by atoms with Crippen LogP contribution in [0.1, 0.15) is 280 Å². The Morgan fingerprint density at radius 3 is 1.10 bits per heavy atom. The first-order valence-corrected chi connectivity index (χ1v) is 63.5. The number of carbonyl (C=O) groups excluding carboxylic acids is 5. The molecule has 10 heterocycles. The molecule has 0 radical (unpaired) electrons. The Morgan fingerprint density at radius 2 is 0.771 bits per heavy atom. The first-order chi connectivity index (χ1) is 66.8. The topological polar surface area (TPSA) is 261 Å². The van der Waals surface area contributed by atoms with Crippen molar-refractivity contribution in [2.45, 2.75) is 234 Å². The number of amides is 2. The number of nitrogens with zero attached hydrogens (tertiary/aromatic N) is 5. The Labute approximate surface area is 884 Å². The van der Waals surface area contributed by atoms with Gasteiger partial charge >= 0.3 is 23.9 Å². The lowest BCUT2D eigenvalue weighted by molar-refractivity contribution is 0.0597. The number of thiophene rings is 4. The first-order valence-electron chi connectivity index (χ1n) is 50.4. The second-order valence-corrected chi connectivity index (χ2v) is 61.7. The average Bonchev–Trinajstić information content (AvgIpc) is 1.61. The molecule has 760 valence electrons. The number of aliphatic hydroxyl groups is 1. The first kappa shape index (κ1) is 111. The summed E-state index contributed by atoms with van der Waals surface area (Å²) in [6.07, 6.45) is 24.3. The Morgan fingerprint density at radius 1 is 0.450 bits per heavy atom. The third-order valence-corrected chi connectivity index (χ3v) is 47.5. The number of anilines is 2. The highest BCUT2D eigenvalue weighted by molar-refractivity contribution is 14.1. The summed E-state index contributed by atoms with van der Waals surface area (Å²) >= 11 is 13.3. The molecule has 140 heavy (non-hydrogen) atoms. The van der Waals surface area contributed by atoms with Gasteiger partial charge in [0.25, 0.3) is 11.8 Å². The minimum absolute atomic E-state index is 0.0928. The molecule has 2 aromatic carbocycles. The number of ether oxygens (including phenoxy) is 3. The zero-order chi connectivity index (χ0) is 100. The summed E-state index contributed by atoms with van der Waals surface area (Å²) in [7, 11) is 0.849. The highest BCUT2D eigenvalue weighted by Gasteiger charge is 2.42. The van der Waals surface area contributed by atoms with Crippen molar-refractivity contribution in [3.63, 3.8) is 0 Å². The van der Waals surface area contributed by atoms with E-state index in [4.69, 9.17) is 23.1 Å². The van der Waals surface area contributed by atoms with Gasteiger partial charge < -0.3 is 49.2 Å². The van der Waals surface area contributed by atoms with E-state index in [1.54, 1.807) is 44.3 Å². The van der Waals surface area contributed by atoms with Gasteiger partial charge in [-0.05, 0) is 294 Å². The van der Waals surface area contributed by atoms with Gasteiger partial charge in [-0.2, -0.15) is 0 Å². The van der Waals surface area contributed by atoms with Crippen LogP contribution in [0.4, 0.5) is 11.4 Å². The average molecular weight is 2280 g/mol. The summed E-state index contributed by atoms with van der Waals surface area (Å²) in [4.78, 5) is 95.1. The van der Waals surface area contributed by atoms with Crippen molar-refractivity contribution in [3.8, 4) is 20.9 Å². The number of β-amino-alcohol motifs (C(OH)–C–C–N with tert-alkyl or cyclic N) is 1. The molecule has 0 atom stereocenters. The fraction of sp³-hybridized carbons (Fsp3) is 0.560. The number of benzene rings is 2. The quantitative estimate of drug-likeness (QED) is 0.0132. The number of aromatic nitrogens is 2. The Kier molecular flexibility index (Phi) is 40.5. The summed E-state index contributed by atoms with van der Waals surface area (Å²) in [5.41, 5.74) is 22.7. The molecule has 0 spiro atoms. The summed E-state index contributed by atoms with van der Waals surface area (Å²) in [6, 6.07) is 23.9. The largest absolute Gasteiger partial charge is 0.477 e. The van der Waals surface area contributed by atoms with Crippen LogP contribution >= 0.6 is 113 Å². The highest BCUT2D eigenvalue weighted by atomic mass is 127. The Balaban J connectivity index is 0.000000161. The van der Waals surface area contributed by atoms with Gasteiger partial charge in [0.2, 0.25) is 0 Å². The number of thiazole rings is 2. The number of nitrogens with one attached hydrogen (secondary N) is 3. The lowest BCUT2D eigenvalue weighted by atomic mass is 9.75. The van der Waals surface area contributed by atoms with Crippen molar-refractivity contribution in [1.82, 2.24) is 30.0 Å². The van der Waals surface area contributed by atoms with Crippen LogP contribution in [0.25, 0.3) is 43.2 Å². The molecule has 6 aromatic heterocycles. The van der Waals surface area contributed by atoms with Crippen molar-refractivity contribution < 1.29 is 62.0 Å². The van der Waals surface area contributed by atoms with Crippen molar-refractivity contribution in [1.29, 1.82) is 0 Å². The maximum atomic E-state index is 13.3. The van der Waals surface area contributed by atoms with Gasteiger partial charge in [-0.25, -0.2) is 29.1 Å². The van der Waals surface area contributed by atoms with E-state index in [9.17, 15) is 39.0 Å². The predicted octanol–water partition coefficient (Wildman–Crippen LogP) is 27.5. The number of hydrogen-bond acceptors (Lipinski definition) is 24. The van der Waals surface area contributed by atoms with E-state index in [1.165, 1.54) is 196 Å². The number of esters is 3. The number of carboxylic acids is 1. The second-order valence-electron chi connectivity index (χ2n) is 42.7. The van der Waals surface area contributed by atoms with Gasteiger partial charge in [0.1, 0.15) is 30.9 Å². The van der Waals surface area contributed by atoms with E-state index >= 15 is 0 Å². The van der Waals surface area contributed by atoms with Crippen LogP contribution in [0.5, 0.6) is 0 Å². The van der Waals surface area contributed by atoms with E-state index in [1.807, 2.05) is 54.6 Å². The zero-order valence-corrected chi connectivity index (χ0v) is 96.4. The minimum atomic E-state index is -1.83. The number of carbonyl (C=O) groups is 6. The van der Waals surface area contributed by atoms with Crippen LogP contribution in [0.3, 0.4) is 0 Å². The maximum absolute atomic E-state index is 13.3. The van der Waals surface area contributed by atoms with Crippen LogP contribution in [0.2, 0.25) is 36.3 Å². The van der Waals surface area contributed by atoms with Crippen molar-refractivity contribution in [2.24, 2.45) is 47.3 Å². The summed E-state index contributed by atoms with van der Waals surface area (Å²) in [6.45, 7) is 43.8. The molecule has 0 saturated heterocycles. The van der Waals surface area contributed by atoms with Crippen LogP contribution in [-0.4, -0.2) is 200 Å². The third-order valence-electron chi connectivity index (χ3n) is 31.1. The van der Waals surface area contributed by atoms with Crippen LogP contribution in [-0.2, 0) is 23.1 Å². The maximum Gasteiger partial charge on any atom is 0.348 e. The van der Waals surface area contributed by atoms with Crippen LogP contribution < -0.4 is 16.0 Å². The SMILES string of the molecule is CC1CCC(C2=C(c3cc(-c4ccc(NC(=O)c5cscn5)cc4)sc3C(=O)O)CN(CCO)CC2)CC1.COC(=O)c1sc(-c2ccc(NC(=O)c3cscn3)cc2)cc1C1=C(C2CCC(C)CC2)CCN(CCO[Si](C)(C)C(C)(C)C)C1.COC(=O)c1sc(I)cc1C1=C(C2CCC(C)CC2)CCN(CCO[Si](C)(C)C(C)(C)C)C1.COC(=O)c1sc(I)cc1C1=C(C2CCC(C)CC2)CCNC1. The van der Waals surface area contributed by atoms with Gasteiger partial charge in [-0.3, -0.25) is 24.3 Å². The van der Waals surface area contributed by atoms with E-state index in [2.05, 4.69) is 199 Å². The molecule has 8 aromatic rings. The van der Waals surface area contributed by atoms with Gasteiger partial charge in [0.15, 0.2) is 16.6 Å². The van der Waals surface area contributed by atoms with E-state index in [0.29, 0.717) is 69.3 Å². The molecule has 4 aliphatic carbocycles. The van der Waals surface area contributed by atoms with E-state index in [0.717, 1.165) is 199 Å². The molecule has 0 bridgehead atoms. The molecule has 8 aliphatic rings. The number of rotatable bonds is 28. The number of aliphatic hydroxyl groups excluding tert-OH is 1. The lowest BCUT2D eigenvalue weighted by Crippen LogP contribution is -2.43. The fourth-order valence-corrected chi connectivity index (χ4v) is 29.4. The molecule has 2 amide bonds. The Bertz CT molecular complexity index is 5650. The molecule has 31 heteroatoms. The molecule has 0 unspecified atom stereocenters. The van der Waals surface area contributed by atoms with E-state index in [-0.39, 0.29) is 46.4 Å². The standard InChI is InChI=1S/C36H49N3O4S2Si.C29H33N3O4S2.C26H42INO3SSi.C18H24INO2S/c1-24-8-10-25(11-9-24)28-16-17-39(18-19-43-46(6,7)36(2,3)4)21-30(28)29-20-32(45-33(29)35(41)42-5)26-12-14-27(15-13-26)38-34(40)31-22-44-23-37-31;1-18-2-4-19(5-3-18)22-10-11-32(12-13-33)15-24(22)23-14-26(38-27(23)29(35)36)20-6-8-21(9-7-20)31-28(34)25-16-37-17-30-25;1-18-8-10-19(11-9-18)20-12-13-28(14-15-31-33(6,7)26(2,3)4)17-22(20)21-16-23(27)32-24(21)25(29)30-5;1-11-3-5-12(6-4-11)13-7-8-20-10-15(13)14-9-16(19)23-17(14)18(21)22-2/h12-15,20,22-25H,8-11,16-19,21H2,1-7H3,(H,38,40);6-9,14,16-19,33H,2-5,10-13,15H2,1H3,(H,31,34)(H,35,36);16,18-19H,8-15,17H2,1-7H3;9,11-12,20H,3-8,10H2,1-2H3. The fourth-order valence-electron chi connectivity index (χ4n) is 20.5. The lowest BCUT2D eigenvalue weighted by Gasteiger charge is -2.39. The summed E-state index contributed by atoms with van der Waals surface area (Å²) in [5, 5.41) is 32.8. The van der Waals surface area contributed by atoms with Crippen molar-refractivity contribution >= 4 is 199 Å². The molecule has 21 nitrogen and oxygen atoms in total. The molecule has 4 fully saturated rings. The smallest absolute Gasteiger partial charge is 0.348 e. The van der Waals surface area contributed by atoms with Gasteiger partial charge in [0, 0.05) is 133 Å². The zero-order valence-electron chi connectivity index (χ0n) is 85.2. The summed E-state index contributed by atoms with van der Waals surface area (Å²) < 4.78 is 30.8. The van der Waals surface area contributed by atoms with Crippen molar-refractivity contribution in [2.75, 3.05) is 124 Å². The number of methoxy groups -OCH3 is 3. The van der Waals surface area contributed by atoms with E-state index < -0.39 is 22.6 Å². The highest BCUT2D eigenvalue weighted by Crippen LogP contribution is 2.50. The molecular weight excluding hydrogens is 2130 g/mol. The minimum Gasteiger partial charge on any atom is -0.477 e. The van der Waals surface area contributed by atoms with Gasteiger partial charge in [0.05, 0.1) is 44.7 Å². The summed E-state index contributed by atoms with van der Waals surface area (Å²) in [5.74, 6) is 3.55.